The van der Waals surface area contributed by atoms with Crippen molar-refractivity contribution in [3.05, 3.63) is 0 Å². The lowest BCUT2D eigenvalue weighted by Crippen LogP contribution is -2.33. The van der Waals surface area contributed by atoms with E-state index in [0.717, 1.165) is 6.42 Å². The third-order valence-corrected chi connectivity index (χ3v) is 2.75. The smallest absolute Gasteiger partial charge is 0.305 e. The summed E-state index contributed by atoms with van der Waals surface area (Å²) < 4.78 is 0. The van der Waals surface area contributed by atoms with E-state index in [0.29, 0.717) is 12.3 Å². The van der Waals surface area contributed by atoms with E-state index < -0.39 is 5.97 Å². The van der Waals surface area contributed by atoms with Crippen molar-refractivity contribution in [1.29, 1.82) is 0 Å². The maximum Gasteiger partial charge on any atom is 0.305 e. The summed E-state index contributed by atoms with van der Waals surface area (Å²) in [6.07, 6.45) is 1.60. The van der Waals surface area contributed by atoms with Crippen LogP contribution in [0.3, 0.4) is 0 Å². The van der Waals surface area contributed by atoms with E-state index >= 15 is 0 Å². The van der Waals surface area contributed by atoms with E-state index in [1.54, 1.807) is 0 Å². The van der Waals surface area contributed by atoms with E-state index in [4.69, 9.17) is 5.11 Å². The average Bonchev–Trinajstić information content (AvgIpc) is 2.58. The molecule has 0 radical (unpaired) electrons. The molecule has 1 unspecified atom stereocenters. The predicted molar refractivity (Wildman–Crippen MR) is 47.1 cm³/mol. The van der Waals surface area contributed by atoms with E-state index in [1.807, 2.05) is 0 Å². The largest absolute Gasteiger partial charge is 0.481 e. The molecule has 74 valence electrons. The fourth-order valence-corrected chi connectivity index (χ4v) is 1.79. The standard InChI is InChI=1S/C9H15NO3/c1-9(2)4-6(9)7(10-5-11)3-8(12)13/h5-7H,3-4H2,1-2H3,(H,10,11)(H,12,13)/t6?,7-/m1/s1. The highest BCUT2D eigenvalue weighted by Crippen LogP contribution is 2.54. The summed E-state index contributed by atoms with van der Waals surface area (Å²) in [5.41, 5.74) is 0.191. The summed E-state index contributed by atoms with van der Waals surface area (Å²) in [7, 11) is 0. The van der Waals surface area contributed by atoms with Crippen molar-refractivity contribution in [3.63, 3.8) is 0 Å². The van der Waals surface area contributed by atoms with Crippen molar-refractivity contribution in [1.82, 2.24) is 5.32 Å². The van der Waals surface area contributed by atoms with Gasteiger partial charge in [-0.25, -0.2) is 0 Å². The summed E-state index contributed by atoms with van der Waals surface area (Å²) in [4.78, 5) is 20.7. The van der Waals surface area contributed by atoms with Gasteiger partial charge in [0.2, 0.25) is 6.41 Å². The molecular weight excluding hydrogens is 170 g/mol. The van der Waals surface area contributed by atoms with E-state index in [2.05, 4.69) is 19.2 Å². The molecule has 0 aromatic heterocycles. The Morgan fingerprint density at radius 1 is 1.77 bits per heavy atom. The number of nitrogens with one attached hydrogen (secondary N) is 1. The number of rotatable bonds is 5. The lowest BCUT2D eigenvalue weighted by molar-refractivity contribution is -0.137. The van der Waals surface area contributed by atoms with Crippen LogP contribution in [-0.2, 0) is 9.59 Å². The highest BCUT2D eigenvalue weighted by atomic mass is 16.4. The average molecular weight is 185 g/mol. The Morgan fingerprint density at radius 3 is 2.62 bits per heavy atom. The van der Waals surface area contributed by atoms with Crippen LogP contribution in [0.15, 0.2) is 0 Å². The molecule has 4 heteroatoms. The van der Waals surface area contributed by atoms with Gasteiger partial charge < -0.3 is 10.4 Å². The molecular formula is C9H15NO3. The number of hydrogen-bond acceptors (Lipinski definition) is 2. The van der Waals surface area contributed by atoms with Crippen molar-refractivity contribution in [2.75, 3.05) is 0 Å². The van der Waals surface area contributed by atoms with E-state index in [1.165, 1.54) is 0 Å². The minimum absolute atomic E-state index is 0.0207. The van der Waals surface area contributed by atoms with Gasteiger partial charge in [0.1, 0.15) is 0 Å². The maximum atomic E-state index is 10.5. The number of carbonyl (C=O) groups excluding carboxylic acids is 1. The van der Waals surface area contributed by atoms with Crippen LogP contribution in [0.1, 0.15) is 26.7 Å². The van der Waals surface area contributed by atoms with Crippen LogP contribution >= 0.6 is 0 Å². The van der Waals surface area contributed by atoms with Gasteiger partial charge in [0, 0.05) is 6.04 Å². The number of aliphatic carboxylic acids is 1. The molecule has 0 spiro atoms. The van der Waals surface area contributed by atoms with Crippen molar-refractivity contribution in [2.45, 2.75) is 32.7 Å². The molecule has 0 aromatic carbocycles. The van der Waals surface area contributed by atoms with Crippen molar-refractivity contribution in [3.8, 4) is 0 Å². The fraction of sp³-hybridized carbons (Fsp3) is 0.778. The van der Waals surface area contributed by atoms with E-state index in [-0.39, 0.29) is 17.9 Å². The first kappa shape index (κ1) is 10.0. The van der Waals surface area contributed by atoms with Gasteiger partial charge in [-0.1, -0.05) is 13.8 Å². The molecule has 0 bridgehead atoms. The van der Waals surface area contributed by atoms with Crippen LogP contribution in [0.2, 0.25) is 0 Å². The van der Waals surface area contributed by atoms with Crippen LogP contribution in [0, 0.1) is 11.3 Å². The van der Waals surface area contributed by atoms with Gasteiger partial charge in [-0.2, -0.15) is 0 Å². The van der Waals surface area contributed by atoms with Gasteiger partial charge in [0.05, 0.1) is 6.42 Å². The Kier molecular flexibility index (Phi) is 2.59. The number of carboxylic acid groups (broad SMARTS) is 1. The van der Waals surface area contributed by atoms with Gasteiger partial charge in [-0.05, 0) is 17.8 Å². The zero-order chi connectivity index (χ0) is 10.1. The molecule has 0 saturated heterocycles. The predicted octanol–water partition coefficient (Wildman–Crippen LogP) is 0.622. The molecule has 2 atom stereocenters. The minimum Gasteiger partial charge on any atom is -0.481 e. The summed E-state index contributed by atoms with van der Waals surface area (Å²) >= 11 is 0. The van der Waals surface area contributed by atoms with Gasteiger partial charge in [-0.3, -0.25) is 9.59 Å². The minimum atomic E-state index is -0.859. The quantitative estimate of drug-likeness (QED) is 0.617. The molecule has 4 nitrogen and oxygen atoms in total. The highest BCUT2D eigenvalue weighted by Gasteiger charge is 2.50. The van der Waals surface area contributed by atoms with Gasteiger partial charge >= 0.3 is 5.97 Å². The Balaban J connectivity index is 2.49. The van der Waals surface area contributed by atoms with Crippen LogP contribution in [-0.4, -0.2) is 23.5 Å². The second-order valence-corrected chi connectivity index (χ2v) is 4.29. The Bertz CT molecular complexity index is 225. The summed E-state index contributed by atoms with van der Waals surface area (Å²) in [6.45, 7) is 4.16. The van der Waals surface area contributed by atoms with Crippen LogP contribution in [0.25, 0.3) is 0 Å². The van der Waals surface area contributed by atoms with Crippen molar-refractivity contribution in [2.24, 2.45) is 11.3 Å². The number of carboxylic acids is 1. The highest BCUT2D eigenvalue weighted by molar-refractivity contribution is 5.68. The van der Waals surface area contributed by atoms with Crippen molar-refractivity contribution < 1.29 is 14.7 Å². The number of amides is 1. The molecule has 2 N–H and O–H groups in total. The first-order valence-electron chi connectivity index (χ1n) is 4.39. The van der Waals surface area contributed by atoms with Crippen LogP contribution < -0.4 is 5.32 Å². The first-order valence-corrected chi connectivity index (χ1v) is 4.39. The van der Waals surface area contributed by atoms with Crippen LogP contribution in [0.4, 0.5) is 0 Å². The number of carbonyl (C=O) groups is 2. The summed E-state index contributed by atoms with van der Waals surface area (Å²) in [5.74, 6) is -0.546. The second kappa shape index (κ2) is 3.36. The topological polar surface area (TPSA) is 66.4 Å². The Hall–Kier alpha value is -1.06. The fourth-order valence-electron chi connectivity index (χ4n) is 1.79. The summed E-state index contributed by atoms with van der Waals surface area (Å²) in [6, 6.07) is -0.204. The van der Waals surface area contributed by atoms with Crippen molar-refractivity contribution >= 4 is 12.4 Å². The molecule has 1 aliphatic carbocycles. The number of hydrogen-bond donors (Lipinski definition) is 2. The molecule has 1 fully saturated rings. The normalized spacial score (nSPS) is 26.2. The SMILES string of the molecule is CC1(C)CC1[C@@H](CC(=O)O)NC=O. The lowest BCUT2D eigenvalue weighted by atomic mass is 10.0. The molecule has 1 aliphatic rings. The molecule has 1 saturated carbocycles. The zero-order valence-electron chi connectivity index (χ0n) is 7.91. The lowest BCUT2D eigenvalue weighted by Gasteiger charge is -2.15. The van der Waals surface area contributed by atoms with Gasteiger partial charge in [0.15, 0.2) is 0 Å². The molecule has 1 rings (SSSR count). The zero-order valence-corrected chi connectivity index (χ0v) is 7.91. The molecule has 1 amide bonds. The third kappa shape index (κ3) is 2.44. The van der Waals surface area contributed by atoms with Gasteiger partial charge in [0.25, 0.3) is 0 Å². The monoisotopic (exact) mass is 185 g/mol. The second-order valence-electron chi connectivity index (χ2n) is 4.29. The molecule has 0 aliphatic heterocycles. The summed E-state index contributed by atoms with van der Waals surface area (Å²) in [5, 5.41) is 11.2. The molecule has 0 heterocycles. The first-order chi connectivity index (χ1) is 5.97. The Morgan fingerprint density at radius 2 is 2.31 bits per heavy atom. The molecule has 0 aromatic rings. The van der Waals surface area contributed by atoms with Gasteiger partial charge in [-0.15, -0.1) is 0 Å². The third-order valence-electron chi connectivity index (χ3n) is 2.75. The maximum absolute atomic E-state index is 10.5. The molecule has 13 heavy (non-hydrogen) atoms. The Labute approximate surface area is 77.3 Å². The van der Waals surface area contributed by atoms with E-state index in [9.17, 15) is 9.59 Å². The van der Waals surface area contributed by atoms with Crippen LogP contribution in [0.5, 0.6) is 0 Å².